The van der Waals surface area contributed by atoms with Crippen LogP contribution in [0.4, 0.5) is 5.00 Å². The number of hydrogen-bond donors (Lipinski definition) is 1. The maximum absolute atomic E-state index is 13.8. The fourth-order valence-corrected chi connectivity index (χ4v) is 5.37. The second-order valence-corrected chi connectivity index (χ2v) is 9.83. The number of para-hydroxylation sites is 1. The van der Waals surface area contributed by atoms with Crippen LogP contribution in [-0.4, -0.2) is 30.1 Å². The molecular formula is C31H28N2O4S. The van der Waals surface area contributed by atoms with Crippen LogP contribution in [0.1, 0.15) is 47.4 Å². The third-order valence-electron chi connectivity index (χ3n) is 6.18. The predicted molar refractivity (Wildman–Crippen MR) is 153 cm³/mol. The van der Waals surface area contributed by atoms with Crippen LogP contribution in [0.5, 0.6) is 5.75 Å². The fraction of sp³-hybridized carbons (Fsp3) is 0.194. The number of benzene rings is 3. The highest BCUT2D eigenvalue weighted by atomic mass is 32.1. The summed E-state index contributed by atoms with van der Waals surface area (Å²) in [6.07, 6.45) is 1.71. The molecule has 0 saturated carbocycles. The molecule has 3 aromatic carbocycles. The number of pyridine rings is 1. The van der Waals surface area contributed by atoms with Gasteiger partial charge in [0, 0.05) is 21.0 Å². The van der Waals surface area contributed by atoms with Gasteiger partial charge in [-0.2, -0.15) is 0 Å². The van der Waals surface area contributed by atoms with Crippen molar-refractivity contribution in [2.75, 3.05) is 18.5 Å². The molecule has 0 aliphatic heterocycles. The number of rotatable bonds is 9. The molecule has 0 radical (unpaired) electrons. The van der Waals surface area contributed by atoms with Gasteiger partial charge >= 0.3 is 5.97 Å². The van der Waals surface area contributed by atoms with Gasteiger partial charge in [-0.1, -0.05) is 49.7 Å². The van der Waals surface area contributed by atoms with Crippen molar-refractivity contribution in [1.29, 1.82) is 0 Å². The lowest BCUT2D eigenvalue weighted by atomic mass is 10.0. The minimum atomic E-state index is -0.430. The van der Waals surface area contributed by atoms with Crippen LogP contribution in [0.2, 0.25) is 0 Å². The number of carbonyl (C=O) groups is 2. The Kier molecular flexibility index (Phi) is 7.65. The first kappa shape index (κ1) is 25.4. The van der Waals surface area contributed by atoms with E-state index in [-0.39, 0.29) is 5.91 Å². The summed E-state index contributed by atoms with van der Waals surface area (Å²) in [5, 5.41) is 4.99. The molecule has 0 spiro atoms. The third kappa shape index (κ3) is 5.24. The van der Waals surface area contributed by atoms with E-state index >= 15 is 0 Å². The van der Waals surface area contributed by atoms with E-state index in [4.69, 9.17) is 14.5 Å². The maximum Gasteiger partial charge on any atom is 0.341 e. The molecule has 2 heterocycles. The number of amides is 1. The number of hydrogen-bond acceptors (Lipinski definition) is 6. The highest BCUT2D eigenvalue weighted by Crippen LogP contribution is 2.37. The largest absolute Gasteiger partial charge is 0.494 e. The molecular weight excluding hydrogens is 496 g/mol. The smallest absolute Gasteiger partial charge is 0.341 e. The van der Waals surface area contributed by atoms with Crippen molar-refractivity contribution in [3.8, 4) is 17.0 Å². The molecule has 0 aliphatic rings. The van der Waals surface area contributed by atoms with E-state index < -0.39 is 5.97 Å². The summed E-state index contributed by atoms with van der Waals surface area (Å²) < 4.78 is 12.0. The van der Waals surface area contributed by atoms with Gasteiger partial charge in [0.15, 0.2) is 0 Å². The van der Waals surface area contributed by atoms with Crippen molar-refractivity contribution in [3.63, 3.8) is 0 Å². The second kappa shape index (κ2) is 11.4. The summed E-state index contributed by atoms with van der Waals surface area (Å²) in [7, 11) is 0. The van der Waals surface area contributed by atoms with E-state index in [0.29, 0.717) is 40.6 Å². The Morgan fingerprint density at radius 2 is 1.66 bits per heavy atom. The number of aromatic nitrogens is 1. The Hall–Kier alpha value is -4.23. The molecule has 5 rings (SSSR count). The molecule has 1 N–H and O–H groups in total. The van der Waals surface area contributed by atoms with Gasteiger partial charge in [0.05, 0.1) is 30.0 Å². The molecule has 192 valence electrons. The predicted octanol–water partition coefficient (Wildman–Crippen LogP) is 7.72. The molecule has 0 unspecified atom stereocenters. The van der Waals surface area contributed by atoms with E-state index in [9.17, 15) is 9.59 Å². The first-order valence-electron chi connectivity index (χ1n) is 12.7. The second-order valence-electron chi connectivity index (χ2n) is 8.78. The lowest BCUT2D eigenvalue weighted by Crippen LogP contribution is -2.15. The monoisotopic (exact) mass is 524 g/mol. The SMILES string of the molecule is CCCCOC(=O)c1c(NC(=O)c2cc(-c3ccc(OCC)cc3)nc3ccccc23)sc2ccccc12. The van der Waals surface area contributed by atoms with Gasteiger partial charge in [0.1, 0.15) is 16.3 Å². The van der Waals surface area contributed by atoms with Gasteiger partial charge in [-0.25, -0.2) is 9.78 Å². The van der Waals surface area contributed by atoms with Gasteiger partial charge in [0.2, 0.25) is 0 Å². The van der Waals surface area contributed by atoms with E-state index in [1.807, 2.05) is 86.6 Å². The van der Waals surface area contributed by atoms with Crippen LogP contribution in [-0.2, 0) is 4.74 Å². The first-order chi connectivity index (χ1) is 18.6. The highest BCUT2D eigenvalue weighted by Gasteiger charge is 2.23. The van der Waals surface area contributed by atoms with Crippen LogP contribution in [0.15, 0.2) is 78.9 Å². The van der Waals surface area contributed by atoms with E-state index in [1.165, 1.54) is 11.3 Å². The first-order valence-corrected chi connectivity index (χ1v) is 13.5. The van der Waals surface area contributed by atoms with Crippen molar-refractivity contribution in [1.82, 2.24) is 4.98 Å². The van der Waals surface area contributed by atoms with Crippen LogP contribution in [0, 0.1) is 0 Å². The zero-order chi connectivity index (χ0) is 26.5. The minimum absolute atomic E-state index is 0.315. The number of unbranched alkanes of at least 4 members (excludes halogenated alkanes) is 1. The van der Waals surface area contributed by atoms with Crippen LogP contribution in [0.25, 0.3) is 32.2 Å². The standard InChI is InChI=1S/C31H28N2O4S/c1-3-5-18-37-31(35)28-23-11-7-9-13-27(23)38-30(28)33-29(34)24-19-26(32-25-12-8-6-10-22(24)25)20-14-16-21(17-15-20)36-4-2/h6-17,19H,3-5,18H2,1-2H3,(H,33,34). The van der Waals surface area contributed by atoms with Crippen LogP contribution >= 0.6 is 11.3 Å². The highest BCUT2D eigenvalue weighted by molar-refractivity contribution is 7.23. The number of thiophene rings is 1. The quantitative estimate of drug-likeness (QED) is 0.158. The number of carbonyl (C=O) groups excluding carboxylic acids is 2. The molecule has 0 atom stereocenters. The van der Waals surface area contributed by atoms with E-state index in [1.54, 1.807) is 6.07 Å². The van der Waals surface area contributed by atoms with Gasteiger partial charge in [-0.3, -0.25) is 4.79 Å². The minimum Gasteiger partial charge on any atom is -0.494 e. The van der Waals surface area contributed by atoms with Crippen molar-refractivity contribution >= 4 is 49.2 Å². The zero-order valence-corrected chi connectivity index (χ0v) is 22.1. The van der Waals surface area contributed by atoms with Crippen LogP contribution in [0.3, 0.4) is 0 Å². The Labute approximate surface area is 225 Å². The van der Waals surface area contributed by atoms with Gasteiger partial charge in [-0.15, -0.1) is 11.3 Å². The molecule has 0 saturated heterocycles. The molecule has 6 nitrogen and oxygen atoms in total. The summed E-state index contributed by atoms with van der Waals surface area (Å²) in [6.45, 7) is 4.91. The number of ether oxygens (including phenoxy) is 2. The zero-order valence-electron chi connectivity index (χ0n) is 21.3. The maximum atomic E-state index is 13.8. The van der Waals surface area contributed by atoms with Crippen molar-refractivity contribution in [2.45, 2.75) is 26.7 Å². The summed E-state index contributed by atoms with van der Waals surface area (Å²) >= 11 is 1.36. The summed E-state index contributed by atoms with van der Waals surface area (Å²) in [5.41, 5.74) is 3.12. The number of nitrogens with one attached hydrogen (secondary N) is 1. The van der Waals surface area contributed by atoms with E-state index in [0.717, 1.165) is 39.6 Å². The number of nitrogens with zero attached hydrogens (tertiary/aromatic N) is 1. The topological polar surface area (TPSA) is 77.5 Å². The van der Waals surface area contributed by atoms with Gasteiger partial charge in [0.25, 0.3) is 5.91 Å². The van der Waals surface area contributed by atoms with E-state index in [2.05, 4.69) is 5.32 Å². The average Bonchev–Trinajstić information content (AvgIpc) is 3.31. The number of fused-ring (bicyclic) bond motifs is 2. The summed E-state index contributed by atoms with van der Waals surface area (Å²) in [5.74, 6) is 0.0314. The molecule has 5 aromatic rings. The van der Waals surface area contributed by atoms with Crippen molar-refractivity contribution < 1.29 is 19.1 Å². The molecule has 38 heavy (non-hydrogen) atoms. The normalized spacial score (nSPS) is 11.0. The molecule has 2 aromatic heterocycles. The van der Waals surface area contributed by atoms with Crippen LogP contribution < -0.4 is 10.1 Å². The number of anilines is 1. The molecule has 0 aliphatic carbocycles. The van der Waals surface area contributed by atoms with Gasteiger partial charge < -0.3 is 14.8 Å². The Balaban J connectivity index is 1.53. The summed E-state index contributed by atoms with van der Waals surface area (Å²) in [4.78, 5) is 31.6. The van der Waals surface area contributed by atoms with Crippen molar-refractivity contribution in [3.05, 3.63) is 90.0 Å². The number of esters is 1. The summed E-state index contributed by atoms with van der Waals surface area (Å²) in [6, 6.07) is 24.6. The lowest BCUT2D eigenvalue weighted by molar-refractivity contribution is 0.0503. The molecule has 0 fully saturated rings. The lowest BCUT2D eigenvalue weighted by Gasteiger charge is -2.12. The Morgan fingerprint density at radius 1 is 0.921 bits per heavy atom. The van der Waals surface area contributed by atoms with Gasteiger partial charge in [-0.05, 0) is 55.8 Å². The fourth-order valence-electron chi connectivity index (χ4n) is 4.29. The van der Waals surface area contributed by atoms with Crippen molar-refractivity contribution in [2.24, 2.45) is 0 Å². The molecule has 0 bridgehead atoms. The molecule has 7 heteroatoms. The third-order valence-corrected chi connectivity index (χ3v) is 7.27. The Morgan fingerprint density at radius 3 is 2.42 bits per heavy atom. The average molecular weight is 525 g/mol. The molecule has 1 amide bonds. The Bertz CT molecular complexity index is 1610.